The van der Waals surface area contributed by atoms with E-state index >= 15 is 0 Å². The molecule has 0 unspecified atom stereocenters. The van der Waals surface area contributed by atoms with Crippen molar-refractivity contribution in [1.29, 1.82) is 0 Å². The number of methoxy groups -OCH3 is 1. The maximum Gasteiger partial charge on any atom is 0.255 e. The van der Waals surface area contributed by atoms with E-state index in [9.17, 15) is 4.79 Å². The molecule has 0 saturated carbocycles. The molecule has 0 amide bonds. The second-order valence-electron chi connectivity index (χ2n) is 3.74. The summed E-state index contributed by atoms with van der Waals surface area (Å²) < 4.78 is 10.7. The number of pyridine rings is 1. The van der Waals surface area contributed by atoms with Gasteiger partial charge in [-0.25, -0.2) is 0 Å². The summed E-state index contributed by atoms with van der Waals surface area (Å²) in [4.78, 5) is 14.7. The van der Waals surface area contributed by atoms with Gasteiger partial charge < -0.3 is 14.5 Å². The second kappa shape index (κ2) is 3.27. The zero-order valence-corrected chi connectivity index (χ0v) is 8.87. The van der Waals surface area contributed by atoms with Crippen LogP contribution in [0.2, 0.25) is 0 Å². The van der Waals surface area contributed by atoms with Gasteiger partial charge in [0.15, 0.2) is 0 Å². The van der Waals surface area contributed by atoms with E-state index in [4.69, 9.17) is 9.47 Å². The summed E-state index contributed by atoms with van der Waals surface area (Å²) in [6.07, 6.45) is 0.678. The number of para-hydroxylation sites is 1. The number of aromatic nitrogens is 1. The van der Waals surface area contributed by atoms with Crippen LogP contribution in [0.4, 0.5) is 0 Å². The van der Waals surface area contributed by atoms with Gasteiger partial charge >= 0.3 is 0 Å². The number of hydrogen-bond acceptors (Lipinski definition) is 3. The average Bonchev–Trinajstić information content (AvgIpc) is 2.78. The summed E-state index contributed by atoms with van der Waals surface area (Å²) in [7, 11) is 1.58. The van der Waals surface area contributed by atoms with Crippen LogP contribution < -0.4 is 15.0 Å². The van der Waals surface area contributed by atoms with E-state index in [0.717, 1.165) is 10.9 Å². The van der Waals surface area contributed by atoms with Crippen LogP contribution in [0.1, 0.15) is 5.56 Å². The quantitative estimate of drug-likeness (QED) is 0.787. The number of rotatable bonds is 1. The lowest BCUT2D eigenvalue weighted by Gasteiger charge is -2.07. The number of H-pyrrole nitrogens is 1. The molecule has 1 aromatic heterocycles. The van der Waals surface area contributed by atoms with Gasteiger partial charge in [-0.05, 0) is 12.1 Å². The molecule has 1 aliphatic heterocycles. The second-order valence-corrected chi connectivity index (χ2v) is 3.74. The van der Waals surface area contributed by atoms with E-state index in [1.54, 1.807) is 7.11 Å². The van der Waals surface area contributed by atoms with Crippen LogP contribution in [0.25, 0.3) is 10.9 Å². The summed E-state index contributed by atoms with van der Waals surface area (Å²) in [6, 6.07) is 5.64. The first-order chi connectivity index (χ1) is 7.81. The normalized spacial score (nSPS) is 13.6. The molecule has 1 N–H and O–H groups in total. The molecular weight excluding hydrogens is 206 g/mol. The molecule has 1 aliphatic rings. The van der Waals surface area contributed by atoms with Crippen molar-refractivity contribution >= 4 is 10.9 Å². The first-order valence-corrected chi connectivity index (χ1v) is 5.16. The Balaban J connectivity index is 2.47. The van der Waals surface area contributed by atoms with Gasteiger partial charge in [0, 0.05) is 11.8 Å². The minimum Gasteiger partial charge on any atom is -0.495 e. The highest BCUT2D eigenvalue weighted by atomic mass is 16.5. The monoisotopic (exact) mass is 217 g/mol. The topological polar surface area (TPSA) is 51.3 Å². The van der Waals surface area contributed by atoms with Crippen molar-refractivity contribution in [2.45, 2.75) is 6.42 Å². The molecule has 0 radical (unpaired) electrons. The van der Waals surface area contributed by atoms with Gasteiger partial charge in [0.25, 0.3) is 5.56 Å². The number of fused-ring (bicyclic) bond motifs is 3. The fourth-order valence-corrected chi connectivity index (χ4v) is 2.12. The third kappa shape index (κ3) is 1.13. The smallest absolute Gasteiger partial charge is 0.255 e. The molecule has 0 aliphatic carbocycles. The highest BCUT2D eigenvalue weighted by Crippen LogP contribution is 2.34. The minimum atomic E-state index is -0.0792. The molecular formula is C12H11NO3. The molecule has 0 spiro atoms. The first-order valence-electron chi connectivity index (χ1n) is 5.16. The van der Waals surface area contributed by atoms with Crippen molar-refractivity contribution in [3.8, 4) is 11.5 Å². The zero-order chi connectivity index (χ0) is 11.1. The molecule has 3 rings (SSSR count). The minimum absolute atomic E-state index is 0.0792. The Morgan fingerprint density at radius 2 is 2.31 bits per heavy atom. The van der Waals surface area contributed by atoms with Crippen molar-refractivity contribution in [2.24, 2.45) is 0 Å². The number of ether oxygens (including phenoxy) is 2. The number of aromatic amines is 1. The van der Waals surface area contributed by atoms with Gasteiger partial charge in [0.05, 0.1) is 24.8 Å². The van der Waals surface area contributed by atoms with Crippen molar-refractivity contribution in [3.05, 3.63) is 34.1 Å². The Kier molecular flexibility index (Phi) is 1.89. The predicted molar refractivity (Wildman–Crippen MR) is 60.3 cm³/mol. The summed E-state index contributed by atoms with van der Waals surface area (Å²) in [5.41, 5.74) is 1.36. The lowest BCUT2D eigenvalue weighted by molar-refractivity contribution is 0.360. The largest absolute Gasteiger partial charge is 0.495 e. The van der Waals surface area contributed by atoms with Gasteiger partial charge in [-0.2, -0.15) is 0 Å². The lowest BCUT2D eigenvalue weighted by atomic mass is 10.1. The third-order valence-electron chi connectivity index (χ3n) is 2.88. The van der Waals surface area contributed by atoms with Crippen molar-refractivity contribution in [2.75, 3.05) is 13.7 Å². The van der Waals surface area contributed by atoms with Gasteiger partial charge in [0.1, 0.15) is 11.5 Å². The van der Waals surface area contributed by atoms with Gasteiger partial charge in [0.2, 0.25) is 0 Å². The SMILES string of the molecule is COc1cccc2c3c(c(=O)[nH]c12)CCO3. The fraction of sp³-hybridized carbons (Fsp3) is 0.250. The summed E-state index contributed by atoms with van der Waals surface area (Å²) >= 11 is 0. The van der Waals surface area contributed by atoms with E-state index in [2.05, 4.69) is 4.98 Å². The lowest BCUT2D eigenvalue weighted by Crippen LogP contribution is -2.10. The highest BCUT2D eigenvalue weighted by molar-refractivity contribution is 5.90. The molecule has 16 heavy (non-hydrogen) atoms. The number of hydrogen-bond donors (Lipinski definition) is 1. The molecule has 0 bridgehead atoms. The van der Waals surface area contributed by atoms with Crippen LogP contribution in [-0.2, 0) is 6.42 Å². The molecule has 82 valence electrons. The van der Waals surface area contributed by atoms with Crippen molar-refractivity contribution in [3.63, 3.8) is 0 Å². The first kappa shape index (κ1) is 9.27. The number of benzene rings is 1. The van der Waals surface area contributed by atoms with Crippen LogP contribution in [0.3, 0.4) is 0 Å². The predicted octanol–water partition coefficient (Wildman–Crippen LogP) is 1.47. The third-order valence-corrected chi connectivity index (χ3v) is 2.88. The van der Waals surface area contributed by atoms with E-state index in [1.165, 1.54) is 0 Å². The van der Waals surface area contributed by atoms with Gasteiger partial charge in [-0.15, -0.1) is 0 Å². The van der Waals surface area contributed by atoms with Crippen molar-refractivity contribution in [1.82, 2.24) is 4.98 Å². The maximum absolute atomic E-state index is 11.8. The van der Waals surface area contributed by atoms with Crippen LogP contribution >= 0.6 is 0 Å². The van der Waals surface area contributed by atoms with Crippen molar-refractivity contribution < 1.29 is 9.47 Å². The Labute approximate surface area is 91.8 Å². The summed E-state index contributed by atoms with van der Waals surface area (Å²) in [6.45, 7) is 0.578. The van der Waals surface area contributed by atoms with E-state index < -0.39 is 0 Å². The van der Waals surface area contributed by atoms with Gasteiger partial charge in [-0.1, -0.05) is 6.07 Å². The van der Waals surface area contributed by atoms with E-state index in [1.807, 2.05) is 18.2 Å². The highest BCUT2D eigenvalue weighted by Gasteiger charge is 2.20. The molecule has 0 saturated heterocycles. The Bertz CT molecular complexity index is 615. The molecule has 0 atom stereocenters. The standard InChI is InChI=1S/C12H11NO3/c1-15-9-4-2-3-7-10(9)13-12(14)8-5-6-16-11(7)8/h2-4H,5-6H2,1H3,(H,13,14). The zero-order valence-electron chi connectivity index (χ0n) is 8.87. The molecule has 2 heterocycles. The summed E-state index contributed by atoms with van der Waals surface area (Å²) in [5, 5.41) is 0.909. The van der Waals surface area contributed by atoms with Crippen LogP contribution in [0.5, 0.6) is 11.5 Å². The van der Waals surface area contributed by atoms with E-state index in [0.29, 0.717) is 30.0 Å². The van der Waals surface area contributed by atoms with E-state index in [-0.39, 0.29) is 5.56 Å². The maximum atomic E-state index is 11.8. The molecule has 4 heteroatoms. The van der Waals surface area contributed by atoms with Crippen LogP contribution in [-0.4, -0.2) is 18.7 Å². The van der Waals surface area contributed by atoms with Crippen LogP contribution in [0, 0.1) is 0 Å². The molecule has 4 nitrogen and oxygen atoms in total. The number of nitrogens with one attached hydrogen (secondary N) is 1. The Morgan fingerprint density at radius 3 is 3.12 bits per heavy atom. The molecule has 2 aromatic rings. The Morgan fingerprint density at radius 1 is 1.44 bits per heavy atom. The molecule has 1 aromatic carbocycles. The fourth-order valence-electron chi connectivity index (χ4n) is 2.12. The van der Waals surface area contributed by atoms with Gasteiger partial charge in [-0.3, -0.25) is 4.79 Å². The summed E-state index contributed by atoms with van der Waals surface area (Å²) in [5.74, 6) is 1.37. The average molecular weight is 217 g/mol. The Hall–Kier alpha value is -1.97. The van der Waals surface area contributed by atoms with Crippen LogP contribution in [0.15, 0.2) is 23.0 Å². The molecule has 0 fully saturated rings.